The molecule has 2 rings (SSSR count). The summed E-state index contributed by atoms with van der Waals surface area (Å²) >= 11 is 0. The molecule has 19 heavy (non-hydrogen) atoms. The number of hydrogen-bond donors (Lipinski definition) is 1. The van der Waals surface area contributed by atoms with E-state index < -0.39 is 11.9 Å². The molecule has 0 spiro atoms. The van der Waals surface area contributed by atoms with Gasteiger partial charge in [0, 0.05) is 6.42 Å². The molecular weight excluding hydrogens is 244 g/mol. The largest absolute Gasteiger partial charge is 0.481 e. The SMILES string of the molecule is CC(C)CC(Cn1nnnc1CC1CCC1)C(=O)O. The molecule has 0 aliphatic heterocycles. The number of rotatable bonds is 7. The number of tetrazole rings is 1. The first kappa shape index (κ1) is 14.0. The maximum absolute atomic E-state index is 11.3. The van der Waals surface area contributed by atoms with E-state index in [-0.39, 0.29) is 0 Å². The molecule has 1 atom stereocenters. The molecule has 1 fully saturated rings. The fourth-order valence-electron chi connectivity index (χ4n) is 2.50. The second-order valence-electron chi connectivity index (χ2n) is 5.94. The Kier molecular flexibility index (Phi) is 4.50. The zero-order chi connectivity index (χ0) is 13.8. The second kappa shape index (κ2) is 6.12. The molecule has 6 nitrogen and oxygen atoms in total. The Morgan fingerprint density at radius 3 is 2.74 bits per heavy atom. The standard InChI is InChI=1S/C13H22N4O2/c1-9(2)6-11(13(18)19)8-17-12(14-15-16-17)7-10-4-3-5-10/h9-11H,3-8H2,1-2H3,(H,18,19). The number of carbonyl (C=O) groups is 1. The molecule has 1 N–H and O–H groups in total. The van der Waals surface area contributed by atoms with Gasteiger partial charge in [-0.25, -0.2) is 4.68 Å². The Morgan fingerprint density at radius 1 is 1.47 bits per heavy atom. The predicted molar refractivity (Wildman–Crippen MR) is 69.4 cm³/mol. The molecule has 0 aromatic carbocycles. The minimum absolute atomic E-state index is 0.354. The van der Waals surface area contributed by atoms with Crippen molar-refractivity contribution < 1.29 is 9.90 Å². The third-order valence-corrected chi connectivity index (χ3v) is 3.80. The molecule has 1 aliphatic carbocycles. The van der Waals surface area contributed by atoms with Gasteiger partial charge in [0.25, 0.3) is 0 Å². The smallest absolute Gasteiger partial charge is 0.308 e. The van der Waals surface area contributed by atoms with Crippen molar-refractivity contribution in [3.05, 3.63) is 5.82 Å². The van der Waals surface area contributed by atoms with Gasteiger partial charge in [-0.1, -0.05) is 33.1 Å². The zero-order valence-corrected chi connectivity index (χ0v) is 11.6. The fourth-order valence-corrected chi connectivity index (χ4v) is 2.50. The van der Waals surface area contributed by atoms with Crippen molar-refractivity contribution in [1.29, 1.82) is 0 Å². The average molecular weight is 266 g/mol. The lowest BCUT2D eigenvalue weighted by Crippen LogP contribution is -2.25. The number of aromatic nitrogens is 4. The van der Waals surface area contributed by atoms with Crippen LogP contribution in [0.2, 0.25) is 0 Å². The summed E-state index contributed by atoms with van der Waals surface area (Å²) in [5, 5.41) is 21.0. The van der Waals surface area contributed by atoms with Crippen molar-refractivity contribution in [3.8, 4) is 0 Å². The predicted octanol–water partition coefficient (Wildman–Crippen LogP) is 1.76. The summed E-state index contributed by atoms with van der Waals surface area (Å²) in [7, 11) is 0. The summed E-state index contributed by atoms with van der Waals surface area (Å²) in [4.78, 5) is 11.3. The summed E-state index contributed by atoms with van der Waals surface area (Å²) in [5.74, 6) is 0.688. The first-order chi connectivity index (χ1) is 9.06. The topological polar surface area (TPSA) is 80.9 Å². The molecule has 6 heteroatoms. The Balaban J connectivity index is 1.99. The van der Waals surface area contributed by atoms with Gasteiger partial charge < -0.3 is 5.11 Å². The van der Waals surface area contributed by atoms with Gasteiger partial charge in [0.15, 0.2) is 5.82 Å². The molecule has 1 heterocycles. The summed E-state index contributed by atoms with van der Waals surface area (Å²) in [5.41, 5.74) is 0. The third-order valence-electron chi connectivity index (χ3n) is 3.80. The van der Waals surface area contributed by atoms with E-state index in [9.17, 15) is 9.90 Å². The summed E-state index contributed by atoms with van der Waals surface area (Å²) in [6, 6.07) is 0. The molecule has 0 bridgehead atoms. The van der Waals surface area contributed by atoms with E-state index in [1.165, 1.54) is 19.3 Å². The highest BCUT2D eigenvalue weighted by atomic mass is 16.4. The third kappa shape index (κ3) is 3.75. The molecule has 1 aromatic rings. The highest BCUT2D eigenvalue weighted by molar-refractivity contribution is 5.69. The number of carboxylic acids is 1. The quantitative estimate of drug-likeness (QED) is 0.813. The van der Waals surface area contributed by atoms with Crippen LogP contribution in [0.5, 0.6) is 0 Å². The molecule has 1 saturated carbocycles. The maximum atomic E-state index is 11.3. The van der Waals surface area contributed by atoms with Crippen LogP contribution in [0, 0.1) is 17.8 Å². The first-order valence-electron chi connectivity index (χ1n) is 7.04. The van der Waals surface area contributed by atoms with Crippen LogP contribution in [-0.2, 0) is 17.8 Å². The van der Waals surface area contributed by atoms with E-state index in [0.717, 1.165) is 12.2 Å². The highest BCUT2D eigenvalue weighted by Gasteiger charge is 2.24. The number of aliphatic carboxylic acids is 1. The van der Waals surface area contributed by atoms with Gasteiger partial charge in [0.2, 0.25) is 0 Å². The Morgan fingerprint density at radius 2 is 2.21 bits per heavy atom. The average Bonchev–Trinajstić information content (AvgIpc) is 2.69. The van der Waals surface area contributed by atoms with E-state index in [1.807, 2.05) is 13.8 Å². The van der Waals surface area contributed by atoms with E-state index in [4.69, 9.17) is 0 Å². The van der Waals surface area contributed by atoms with Gasteiger partial charge >= 0.3 is 5.97 Å². The van der Waals surface area contributed by atoms with Crippen LogP contribution < -0.4 is 0 Å². The van der Waals surface area contributed by atoms with Gasteiger partial charge in [-0.2, -0.15) is 0 Å². The molecule has 1 aliphatic rings. The van der Waals surface area contributed by atoms with E-state index in [2.05, 4.69) is 15.5 Å². The maximum Gasteiger partial charge on any atom is 0.308 e. The number of nitrogens with zero attached hydrogens (tertiary/aromatic N) is 4. The van der Waals surface area contributed by atoms with E-state index in [1.54, 1.807) is 4.68 Å². The van der Waals surface area contributed by atoms with E-state index in [0.29, 0.717) is 24.8 Å². The number of carboxylic acid groups (broad SMARTS) is 1. The second-order valence-corrected chi connectivity index (χ2v) is 5.94. The van der Waals surface area contributed by atoms with Crippen molar-refractivity contribution in [2.24, 2.45) is 17.8 Å². The van der Waals surface area contributed by atoms with Gasteiger partial charge in [0.1, 0.15) is 0 Å². The van der Waals surface area contributed by atoms with Crippen LogP contribution >= 0.6 is 0 Å². The molecule has 0 radical (unpaired) electrons. The summed E-state index contributed by atoms with van der Waals surface area (Å²) in [6.07, 6.45) is 5.29. The minimum atomic E-state index is -0.765. The monoisotopic (exact) mass is 266 g/mol. The van der Waals surface area contributed by atoms with Crippen LogP contribution in [0.15, 0.2) is 0 Å². The van der Waals surface area contributed by atoms with Crippen LogP contribution in [0.25, 0.3) is 0 Å². The van der Waals surface area contributed by atoms with Gasteiger partial charge in [-0.3, -0.25) is 4.79 Å². The van der Waals surface area contributed by atoms with Crippen molar-refractivity contribution >= 4 is 5.97 Å². The lowest BCUT2D eigenvalue weighted by molar-refractivity contribution is -0.142. The highest BCUT2D eigenvalue weighted by Crippen LogP contribution is 2.29. The van der Waals surface area contributed by atoms with Crippen LogP contribution in [0.1, 0.15) is 45.4 Å². The van der Waals surface area contributed by atoms with Crippen LogP contribution in [-0.4, -0.2) is 31.3 Å². The molecule has 0 amide bonds. The first-order valence-corrected chi connectivity index (χ1v) is 7.04. The Labute approximate surface area is 113 Å². The molecular formula is C13H22N4O2. The molecule has 1 aromatic heterocycles. The number of hydrogen-bond acceptors (Lipinski definition) is 4. The van der Waals surface area contributed by atoms with E-state index >= 15 is 0 Å². The fraction of sp³-hybridized carbons (Fsp3) is 0.846. The molecule has 0 saturated heterocycles. The van der Waals surface area contributed by atoms with Crippen LogP contribution in [0.3, 0.4) is 0 Å². The minimum Gasteiger partial charge on any atom is -0.481 e. The lowest BCUT2D eigenvalue weighted by Gasteiger charge is -2.24. The summed E-state index contributed by atoms with van der Waals surface area (Å²) < 4.78 is 1.68. The zero-order valence-electron chi connectivity index (χ0n) is 11.6. The van der Waals surface area contributed by atoms with Crippen molar-refractivity contribution in [1.82, 2.24) is 20.2 Å². The molecule has 1 unspecified atom stereocenters. The molecule has 106 valence electrons. The normalized spacial score (nSPS) is 17.4. The van der Waals surface area contributed by atoms with Crippen molar-refractivity contribution in [3.63, 3.8) is 0 Å². The Hall–Kier alpha value is -1.46. The van der Waals surface area contributed by atoms with Gasteiger partial charge in [-0.05, 0) is 28.7 Å². The van der Waals surface area contributed by atoms with Gasteiger partial charge in [0.05, 0.1) is 12.5 Å². The van der Waals surface area contributed by atoms with Crippen molar-refractivity contribution in [2.75, 3.05) is 0 Å². The lowest BCUT2D eigenvalue weighted by atomic mass is 9.83. The summed E-state index contributed by atoms with van der Waals surface area (Å²) in [6.45, 7) is 4.44. The van der Waals surface area contributed by atoms with Crippen LogP contribution in [0.4, 0.5) is 0 Å². The van der Waals surface area contributed by atoms with Crippen molar-refractivity contribution in [2.45, 2.75) is 52.5 Å². The Bertz CT molecular complexity index is 426. The van der Waals surface area contributed by atoms with Gasteiger partial charge in [-0.15, -0.1) is 5.10 Å².